The van der Waals surface area contributed by atoms with Gasteiger partial charge < -0.3 is 17.2 Å². The highest BCUT2D eigenvalue weighted by Gasteiger charge is 2.13. The molecule has 0 saturated heterocycles. The van der Waals surface area contributed by atoms with Gasteiger partial charge in [-0.3, -0.25) is 0 Å². The molecule has 66 valence electrons. The van der Waals surface area contributed by atoms with Crippen LogP contribution in [0.25, 0.3) is 0 Å². The first-order chi connectivity index (χ1) is 5.46. The predicted molar refractivity (Wildman–Crippen MR) is 62.8 cm³/mol. The lowest BCUT2D eigenvalue weighted by Gasteiger charge is -2.10. The molecule has 1 aromatic rings. The van der Waals surface area contributed by atoms with Gasteiger partial charge in [-0.2, -0.15) is 0 Å². The first-order valence-electron chi connectivity index (χ1n) is 2.93. The highest BCUT2D eigenvalue weighted by molar-refractivity contribution is 9.12. The Morgan fingerprint density at radius 1 is 0.583 bits per heavy atom. The molecule has 0 saturated carbocycles. The molecule has 0 heterocycles. The van der Waals surface area contributed by atoms with Crippen molar-refractivity contribution in [3.05, 3.63) is 13.4 Å². The lowest BCUT2D eigenvalue weighted by atomic mass is 10.2. The van der Waals surface area contributed by atoms with Crippen LogP contribution < -0.4 is 17.2 Å². The number of nitrogens with two attached hydrogens (primary N) is 3. The van der Waals surface area contributed by atoms with Gasteiger partial charge in [0.15, 0.2) is 0 Å². The van der Waals surface area contributed by atoms with Gasteiger partial charge in [0, 0.05) is 0 Å². The number of anilines is 3. The number of halogens is 3. The summed E-state index contributed by atoms with van der Waals surface area (Å²) in [5, 5.41) is 0. The van der Waals surface area contributed by atoms with Crippen molar-refractivity contribution in [1.29, 1.82) is 0 Å². The topological polar surface area (TPSA) is 78.1 Å². The third-order valence-corrected chi connectivity index (χ3v) is 3.98. The van der Waals surface area contributed by atoms with E-state index in [1.807, 2.05) is 0 Å². The van der Waals surface area contributed by atoms with E-state index in [0.29, 0.717) is 30.5 Å². The molecule has 3 nitrogen and oxygen atoms in total. The van der Waals surface area contributed by atoms with Crippen molar-refractivity contribution in [3.63, 3.8) is 0 Å². The van der Waals surface area contributed by atoms with Crippen molar-refractivity contribution >= 4 is 64.9 Å². The zero-order chi connectivity index (χ0) is 9.46. The van der Waals surface area contributed by atoms with Crippen LogP contribution in [0, 0.1) is 0 Å². The summed E-state index contributed by atoms with van der Waals surface area (Å²) < 4.78 is 1.95. The van der Waals surface area contributed by atoms with Gasteiger partial charge in [0.25, 0.3) is 0 Å². The molecule has 0 amide bonds. The Labute approximate surface area is 95.1 Å². The van der Waals surface area contributed by atoms with E-state index < -0.39 is 0 Å². The Morgan fingerprint density at radius 3 is 0.917 bits per heavy atom. The third kappa shape index (κ3) is 1.43. The summed E-state index contributed by atoms with van der Waals surface area (Å²) in [4.78, 5) is 0. The number of hydrogen-bond acceptors (Lipinski definition) is 3. The van der Waals surface area contributed by atoms with E-state index in [-0.39, 0.29) is 0 Å². The Bertz CT molecular complexity index is 232. The standard InChI is InChI=1S/C6H6Br3N3/c7-1-4(10)2(8)6(12)3(9)5(1)11/h10-12H2. The summed E-state index contributed by atoms with van der Waals surface area (Å²) in [5.74, 6) is 0. The summed E-state index contributed by atoms with van der Waals surface area (Å²) in [7, 11) is 0. The molecule has 0 spiro atoms. The SMILES string of the molecule is Nc1c(Br)c(N)c(Br)c(N)c1Br. The largest absolute Gasteiger partial charge is 0.397 e. The van der Waals surface area contributed by atoms with E-state index in [0.717, 1.165) is 0 Å². The molecule has 0 bridgehead atoms. The molecule has 6 heteroatoms. The van der Waals surface area contributed by atoms with E-state index in [2.05, 4.69) is 47.8 Å². The number of benzene rings is 1. The molecule has 12 heavy (non-hydrogen) atoms. The van der Waals surface area contributed by atoms with Crippen LogP contribution in [-0.4, -0.2) is 0 Å². The fraction of sp³-hybridized carbons (Fsp3) is 0. The van der Waals surface area contributed by atoms with Crippen LogP contribution >= 0.6 is 47.8 Å². The quantitative estimate of drug-likeness (QED) is 0.623. The molecular formula is C6H6Br3N3. The number of nitrogen functional groups attached to an aromatic ring is 3. The van der Waals surface area contributed by atoms with Crippen LogP contribution in [0.3, 0.4) is 0 Å². The molecule has 0 aliphatic carbocycles. The average Bonchev–Trinajstić information content (AvgIpc) is 2.08. The minimum Gasteiger partial charge on any atom is -0.397 e. The van der Waals surface area contributed by atoms with Gasteiger partial charge in [0.05, 0.1) is 30.5 Å². The molecule has 0 radical (unpaired) electrons. The van der Waals surface area contributed by atoms with Crippen molar-refractivity contribution in [2.24, 2.45) is 0 Å². The zero-order valence-corrected chi connectivity index (χ0v) is 10.6. The van der Waals surface area contributed by atoms with Crippen LogP contribution in [0.5, 0.6) is 0 Å². The molecule has 0 aliphatic heterocycles. The van der Waals surface area contributed by atoms with Gasteiger partial charge in [-0.15, -0.1) is 0 Å². The second-order valence-corrected chi connectivity index (χ2v) is 4.56. The highest BCUT2D eigenvalue weighted by Crippen LogP contribution is 2.43. The Hall–Kier alpha value is 0.0600. The van der Waals surface area contributed by atoms with Crippen LogP contribution in [-0.2, 0) is 0 Å². The second-order valence-electron chi connectivity index (χ2n) is 2.18. The fourth-order valence-corrected chi connectivity index (χ4v) is 2.71. The summed E-state index contributed by atoms with van der Waals surface area (Å²) in [6.45, 7) is 0. The lowest BCUT2D eigenvalue weighted by Crippen LogP contribution is -2.00. The van der Waals surface area contributed by atoms with Gasteiger partial charge >= 0.3 is 0 Å². The molecule has 1 aromatic carbocycles. The highest BCUT2D eigenvalue weighted by atomic mass is 79.9. The van der Waals surface area contributed by atoms with Gasteiger partial charge in [0.1, 0.15) is 0 Å². The fourth-order valence-electron chi connectivity index (χ4n) is 0.724. The first kappa shape index (κ1) is 10.1. The van der Waals surface area contributed by atoms with Crippen molar-refractivity contribution in [2.75, 3.05) is 17.2 Å². The van der Waals surface area contributed by atoms with Crippen molar-refractivity contribution in [3.8, 4) is 0 Å². The summed E-state index contributed by atoms with van der Waals surface area (Å²) in [6.07, 6.45) is 0. The maximum atomic E-state index is 5.68. The van der Waals surface area contributed by atoms with Crippen molar-refractivity contribution < 1.29 is 0 Å². The monoisotopic (exact) mass is 357 g/mol. The summed E-state index contributed by atoms with van der Waals surface area (Å²) in [6, 6.07) is 0. The summed E-state index contributed by atoms with van der Waals surface area (Å²) >= 11 is 9.75. The molecule has 0 aromatic heterocycles. The van der Waals surface area contributed by atoms with E-state index in [1.165, 1.54) is 0 Å². The Balaban J connectivity index is 3.60. The van der Waals surface area contributed by atoms with Gasteiger partial charge in [-0.05, 0) is 47.8 Å². The Morgan fingerprint density at radius 2 is 0.750 bits per heavy atom. The van der Waals surface area contributed by atoms with Gasteiger partial charge in [0.2, 0.25) is 0 Å². The minimum atomic E-state index is 0.508. The third-order valence-electron chi connectivity index (χ3n) is 1.42. The van der Waals surface area contributed by atoms with Crippen molar-refractivity contribution in [1.82, 2.24) is 0 Å². The number of rotatable bonds is 0. The molecule has 0 aliphatic rings. The maximum Gasteiger partial charge on any atom is 0.0659 e. The van der Waals surface area contributed by atoms with E-state index >= 15 is 0 Å². The van der Waals surface area contributed by atoms with E-state index in [4.69, 9.17) is 17.2 Å². The second kappa shape index (κ2) is 3.43. The molecule has 6 N–H and O–H groups in total. The lowest BCUT2D eigenvalue weighted by molar-refractivity contribution is 1.53. The van der Waals surface area contributed by atoms with Crippen molar-refractivity contribution in [2.45, 2.75) is 0 Å². The zero-order valence-electron chi connectivity index (χ0n) is 5.87. The normalized spacial score (nSPS) is 10.2. The van der Waals surface area contributed by atoms with E-state index in [9.17, 15) is 0 Å². The van der Waals surface area contributed by atoms with Gasteiger partial charge in [-0.25, -0.2) is 0 Å². The minimum absolute atomic E-state index is 0.508. The Kier molecular flexibility index (Phi) is 2.90. The maximum absolute atomic E-state index is 5.68. The molecule has 0 unspecified atom stereocenters. The van der Waals surface area contributed by atoms with Crippen LogP contribution in [0.15, 0.2) is 13.4 Å². The molecule has 0 fully saturated rings. The van der Waals surface area contributed by atoms with Crippen LogP contribution in [0.4, 0.5) is 17.1 Å². The number of hydrogen-bond donors (Lipinski definition) is 3. The molecule has 0 atom stereocenters. The summed E-state index contributed by atoms with van der Waals surface area (Å²) in [5.41, 5.74) is 18.6. The average molecular weight is 360 g/mol. The molecular weight excluding hydrogens is 354 g/mol. The smallest absolute Gasteiger partial charge is 0.0659 e. The van der Waals surface area contributed by atoms with Gasteiger partial charge in [-0.1, -0.05) is 0 Å². The molecule has 1 rings (SSSR count). The first-order valence-corrected chi connectivity index (χ1v) is 5.31. The van der Waals surface area contributed by atoms with E-state index in [1.54, 1.807) is 0 Å². The predicted octanol–water partition coefficient (Wildman–Crippen LogP) is 2.72. The van der Waals surface area contributed by atoms with Crippen LogP contribution in [0.1, 0.15) is 0 Å². The van der Waals surface area contributed by atoms with Crippen LogP contribution in [0.2, 0.25) is 0 Å².